The van der Waals surface area contributed by atoms with E-state index in [1.807, 2.05) is 66.7 Å². The lowest BCUT2D eigenvalue weighted by atomic mass is 9.76. The number of sulfonamides is 1. The summed E-state index contributed by atoms with van der Waals surface area (Å²) in [5.74, 6) is -2.36. The van der Waals surface area contributed by atoms with Gasteiger partial charge >= 0.3 is 0 Å². The van der Waals surface area contributed by atoms with Crippen LogP contribution >= 0.6 is 0 Å². The van der Waals surface area contributed by atoms with Crippen LogP contribution in [-0.2, 0) is 14.8 Å². The summed E-state index contributed by atoms with van der Waals surface area (Å²) < 4.78 is 30.3. The highest BCUT2D eigenvalue weighted by molar-refractivity contribution is 7.89. The maximum absolute atomic E-state index is 14.5. The standard InChI is InChI=1S/C33H30N2O4S/c1-2-23-34-33(37)31-28(24-15-7-3-8-16-24)29(32(36)26-19-11-5-12-20-26)30(25-17-9-4-10-18-25)35(31)40(38,39)27-21-13-6-14-22-27/h2-22,28-31H,1,23H2,(H,34,37). The van der Waals surface area contributed by atoms with E-state index in [9.17, 15) is 18.0 Å². The van der Waals surface area contributed by atoms with Gasteiger partial charge in [0.25, 0.3) is 0 Å². The van der Waals surface area contributed by atoms with E-state index >= 15 is 0 Å². The van der Waals surface area contributed by atoms with E-state index in [1.165, 1.54) is 16.4 Å². The molecule has 1 N–H and O–H groups in total. The van der Waals surface area contributed by atoms with Crippen molar-refractivity contribution in [1.82, 2.24) is 9.62 Å². The van der Waals surface area contributed by atoms with Gasteiger partial charge in [-0.3, -0.25) is 9.59 Å². The van der Waals surface area contributed by atoms with Crippen molar-refractivity contribution in [2.24, 2.45) is 5.92 Å². The quantitative estimate of drug-likeness (QED) is 0.224. The molecule has 4 aromatic rings. The van der Waals surface area contributed by atoms with Gasteiger partial charge in [-0.2, -0.15) is 4.31 Å². The number of carbonyl (C=O) groups is 2. The van der Waals surface area contributed by atoms with Crippen molar-refractivity contribution in [2.75, 3.05) is 6.54 Å². The fraction of sp³-hybridized carbons (Fsp3) is 0.152. The first-order valence-electron chi connectivity index (χ1n) is 13.1. The lowest BCUT2D eigenvalue weighted by molar-refractivity contribution is -0.124. The predicted octanol–water partition coefficient (Wildman–Crippen LogP) is 5.39. The monoisotopic (exact) mass is 550 g/mol. The molecule has 202 valence electrons. The minimum absolute atomic E-state index is 0.0528. The number of rotatable bonds is 9. The number of hydrogen-bond acceptors (Lipinski definition) is 4. The zero-order valence-electron chi connectivity index (χ0n) is 21.8. The van der Waals surface area contributed by atoms with Gasteiger partial charge in [-0.05, 0) is 23.3 Å². The molecular formula is C33H30N2O4S. The Morgan fingerprint density at radius 1 is 0.750 bits per heavy atom. The molecule has 0 aromatic heterocycles. The van der Waals surface area contributed by atoms with Crippen molar-refractivity contribution in [1.29, 1.82) is 0 Å². The normalized spacial score (nSPS) is 21.0. The molecular weight excluding hydrogens is 520 g/mol. The van der Waals surface area contributed by atoms with E-state index in [2.05, 4.69) is 11.9 Å². The Bertz CT molecular complexity index is 1580. The lowest BCUT2D eigenvalue weighted by Crippen LogP contribution is -2.48. The second-order valence-electron chi connectivity index (χ2n) is 9.67. The Kier molecular flexibility index (Phi) is 8.05. The van der Waals surface area contributed by atoms with Gasteiger partial charge in [0.1, 0.15) is 6.04 Å². The highest BCUT2D eigenvalue weighted by atomic mass is 32.2. The van der Waals surface area contributed by atoms with Crippen molar-refractivity contribution < 1.29 is 18.0 Å². The predicted molar refractivity (Wildman–Crippen MR) is 155 cm³/mol. The zero-order valence-corrected chi connectivity index (χ0v) is 22.7. The number of carbonyl (C=O) groups excluding carboxylic acids is 2. The first kappa shape index (κ1) is 27.2. The summed E-state index contributed by atoms with van der Waals surface area (Å²) in [5, 5.41) is 2.82. The summed E-state index contributed by atoms with van der Waals surface area (Å²) >= 11 is 0. The van der Waals surface area contributed by atoms with Gasteiger partial charge in [0, 0.05) is 18.0 Å². The molecule has 4 aromatic carbocycles. The Balaban J connectivity index is 1.82. The molecule has 1 aliphatic rings. The van der Waals surface area contributed by atoms with E-state index < -0.39 is 39.8 Å². The molecule has 5 rings (SSSR count). The maximum atomic E-state index is 14.5. The summed E-state index contributed by atoms with van der Waals surface area (Å²) in [6, 6.07) is 33.1. The second kappa shape index (κ2) is 11.8. The lowest BCUT2D eigenvalue weighted by Gasteiger charge is -2.30. The van der Waals surface area contributed by atoms with Crippen LogP contribution < -0.4 is 5.32 Å². The summed E-state index contributed by atoms with van der Waals surface area (Å²) in [6.07, 6.45) is 1.54. The van der Waals surface area contributed by atoms with Gasteiger partial charge in [-0.25, -0.2) is 8.42 Å². The Morgan fingerprint density at radius 3 is 1.80 bits per heavy atom. The topological polar surface area (TPSA) is 83.6 Å². The number of nitrogens with one attached hydrogen (secondary N) is 1. The largest absolute Gasteiger partial charge is 0.351 e. The SMILES string of the molecule is C=CCNC(=O)C1C(c2ccccc2)C(C(=O)c2ccccc2)C(c2ccccc2)N1S(=O)(=O)c1ccccc1. The molecule has 1 heterocycles. The van der Waals surface area contributed by atoms with E-state index in [0.717, 1.165) is 0 Å². The van der Waals surface area contributed by atoms with Gasteiger partial charge < -0.3 is 5.32 Å². The third-order valence-electron chi connectivity index (χ3n) is 7.31. The van der Waals surface area contributed by atoms with E-state index in [-0.39, 0.29) is 17.2 Å². The summed E-state index contributed by atoms with van der Waals surface area (Å²) in [5.41, 5.74) is 1.80. The zero-order chi connectivity index (χ0) is 28.1. The van der Waals surface area contributed by atoms with Gasteiger partial charge in [0.2, 0.25) is 15.9 Å². The number of benzene rings is 4. The van der Waals surface area contributed by atoms with Crippen molar-refractivity contribution >= 4 is 21.7 Å². The molecule has 1 amide bonds. The molecule has 1 saturated heterocycles. The molecule has 1 aliphatic heterocycles. The number of hydrogen-bond donors (Lipinski definition) is 1. The van der Waals surface area contributed by atoms with E-state index in [1.54, 1.807) is 48.5 Å². The average Bonchev–Trinajstić information content (AvgIpc) is 3.38. The summed E-state index contributed by atoms with van der Waals surface area (Å²) in [6.45, 7) is 3.85. The fourth-order valence-electron chi connectivity index (χ4n) is 5.62. The first-order chi connectivity index (χ1) is 19.4. The summed E-state index contributed by atoms with van der Waals surface area (Å²) in [7, 11) is -4.25. The van der Waals surface area contributed by atoms with Crippen LogP contribution in [0.4, 0.5) is 0 Å². The fourth-order valence-corrected chi connectivity index (χ4v) is 7.44. The molecule has 0 radical (unpaired) electrons. The second-order valence-corrected chi connectivity index (χ2v) is 11.5. The molecule has 4 atom stereocenters. The smallest absolute Gasteiger partial charge is 0.244 e. The van der Waals surface area contributed by atoms with Gasteiger partial charge in [-0.1, -0.05) is 115 Å². The number of Topliss-reactive ketones (excluding diaryl/α,β-unsaturated/α-hetero) is 1. The number of nitrogens with zero attached hydrogens (tertiary/aromatic N) is 1. The van der Waals surface area contributed by atoms with Crippen molar-refractivity contribution in [2.45, 2.75) is 22.9 Å². The molecule has 0 spiro atoms. The van der Waals surface area contributed by atoms with Crippen LogP contribution in [0, 0.1) is 5.92 Å². The Morgan fingerprint density at radius 2 is 1.25 bits per heavy atom. The molecule has 0 aliphatic carbocycles. The van der Waals surface area contributed by atoms with Crippen LogP contribution in [-0.4, -0.2) is 37.0 Å². The average molecular weight is 551 g/mol. The first-order valence-corrected chi connectivity index (χ1v) is 14.6. The molecule has 7 heteroatoms. The molecule has 0 saturated carbocycles. The van der Waals surface area contributed by atoms with E-state index in [0.29, 0.717) is 16.7 Å². The molecule has 40 heavy (non-hydrogen) atoms. The van der Waals surface area contributed by atoms with Crippen LogP contribution in [0.2, 0.25) is 0 Å². The minimum Gasteiger partial charge on any atom is -0.351 e. The molecule has 1 fully saturated rings. The van der Waals surface area contributed by atoms with Crippen molar-refractivity contribution in [3.05, 3.63) is 151 Å². The van der Waals surface area contributed by atoms with Crippen molar-refractivity contribution in [3.8, 4) is 0 Å². The van der Waals surface area contributed by atoms with Crippen LogP contribution in [0.15, 0.2) is 139 Å². The minimum atomic E-state index is -4.25. The van der Waals surface area contributed by atoms with Crippen LogP contribution in [0.1, 0.15) is 33.4 Å². The van der Waals surface area contributed by atoms with Gasteiger partial charge in [0.15, 0.2) is 5.78 Å². The Hall–Kier alpha value is -4.33. The molecule has 0 bridgehead atoms. The van der Waals surface area contributed by atoms with Crippen LogP contribution in [0.25, 0.3) is 0 Å². The third kappa shape index (κ3) is 5.13. The van der Waals surface area contributed by atoms with Crippen molar-refractivity contribution in [3.63, 3.8) is 0 Å². The van der Waals surface area contributed by atoms with Gasteiger partial charge in [0.05, 0.1) is 16.9 Å². The Labute approximate surface area is 235 Å². The maximum Gasteiger partial charge on any atom is 0.244 e. The number of ketones is 1. The highest BCUT2D eigenvalue weighted by Crippen LogP contribution is 2.53. The summed E-state index contributed by atoms with van der Waals surface area (Å²) in [4.78, 5) is 28.5. The third-order valence-corrected chi connectivity index (χ3v) is 9.19. The van der Waals surface area contributed by atoms with Crippen LogP contribution in [0.5, 0.6) is 0 Å². The number of amides is 1. The molecule has 6 nitrogen and oxygen atoms in total. The van der Waals surface area contributed by atoms with Gasteiger partial charge in [-0.15, -0.1) is 6.58 Å². The van der Waals surface area contributed by atoms with Crippen LogP contribution in [0.3, 0.4) is 0 Å². The highest BCUT2D eigenvalue weighted by Gasteiger charge is 2.59. The van der Waals surface area contributed by atoms with E-state index in [4.69, 9.17) is 0 Å². The molecule has 4 unspecified atom stereocenters.